The molecule has 0 atom stereocenters. The summed E-state index contributed by atoms with van der Waals surface area (Å²) in [5.74, 6) is 1.75. The Hall–Kier alpha value is -1.44. The van der Waals surface area contributed by atoms with Crippen LogP contribution in [0.25, 0.3) is 0 Å². The van der Waals surface area contributed by atoms with Crippen LogP contribution >= 0.6 is 21.6 Å². The lowest BCUT2D eigenvalue weighted by Crippen LogP contribution is -2.60. The molecule has 0 fully saturated rings. The Balaban J connectivity index is 2.19. The van der Waals surface area contributed by atoms with Crippen molar-refractivity contribution in [2.45, 2.75) is 64.4 Å². The highest BCUT2D eigenvalue weighted by atomic mass is 33.1. The first-order valence-electron chi connectivity index (χ1n) is 11.5. The summed E-state index contributed by atoms with van der Waals surface area (Å²) in [5, 5.41) is 26.8. The van der Waals surface area contributed by atoms with Gasteiger partial charge in [0, 0.05) is 13.1 Å². The fraction of sp³-hybridized carbons (Fsp3) is 0.700. The van der Waals surface area contributed by atoms with Crippen molar-refractivity contribution in [1.82, 2.24) is 50.9 Å². The van der Waals surface area contributed by atoms with Gasteiger partial charge in [-0.25, -0.2) is 0 Å². The third kappa shape index (κ3) is 6.55. The summed E-state index contributed by atoms with van der Waals surface area (Å²) >= 11 is 0. The number of hydrogen-bond donors (Lipinski definition) is 2. The smallest absolute Gasteiger partial charge is 0.197 e. The molecular weight excluding hydrogens is 444 g/mol. The van der Waals surface area contributed by atoms with Crippen LogP contribution in [0.1, 0.15) is 54.4 Å². The lowest BCUT2D eigenvalue weighted by atomic mass is 10.4. The van der Waals surface area contributed by atoms with Crippen LogP contribution in [0.3, 0.4) is 0 Å². The molecular formula is C20H38N10S2+2. The van der Waals surface area contributed by atoms with Gasteiger partial charge in [0.05, 0.1) is 38.3 Å². The van der Waals surface area contributed by atoms with Gasteiger partial charge in [-0.15, -0.1) is 10.2 Å². The molecule has 2 N–H and O–H groups in total. The summed E-state index contributed by atoms with van der Waals surface area (Å²) in [6.45, 7) is 18.3. The molecule has 0 spiro atoms. The van der Waals surface area contributed by atoms with E-state index in [9.17, 15) is 0 Å². The Morgan fingerprint density at radius 2 is 1.00 bits per heavy atom. The molecule has 0 saturated carbocycles. The van der Waals surface area contributed by atoms with Crippen molar-refractivity contribution in [3.8, 4) is 0 Å². The second kappa shape index (κ2) is 13.3. The number of hydrogen-bond acceptors (Lipinski definition) is 10. The first-order valence-corrected chi connectivity index (χ1v) is 13.7. The van der Waals surface area contributed by atoms with Crippen LogP contribution in [0.4, 0.5) is 11.6 Å². The molecule has 0 aromatic carbocycles. The molecule has 12 heteroatoms. The second-order valence-corrected chi connectivity index (χ2v) is 9.61. The molecule has 2 rings (SSSR count). The fourth-order valence-corrected chi connectivity index (χ4v) is 5.12. The van der Waals surface area contributed by atoms with Crippen LogP contribution in [0.15, 0.2) is 22.2 Å². The zero-order valence-corrected chi connectivity index (χ0v) is 21.8. The molecule has 10 nitrogen and oxygen atoms in total. The summed E-state index contributed by atoms with van der Waals surface area (Å²) in [6, 6.07) is 4.02. The Morgan fingerprint density at radius 1 is 0.625 bits per heavy atom. The van der Waals surface area contributed by atoms with Crippen molar-refractivity contribution in [3.63, 3.8) is 0 Å². The van der Waals surface area contributed by atoms with Gasteiger partial charge in [-0.2, -0.15) is 20.0 Å². The number of aromatic nitrogens is 6. The molecule has 2 aromatic heterocycles. The molecule has 0 unspecified atom stereocenters. The highest BCUT2D eigenvalue weighted by Gasteiger charge is 2.31. The van der Waals surface area contributed by atoms with Gasteiger partial charge in [0.25, 0.3) is 11.6 Å². The van der Waals surface area contributed by atoms with E-state index in [1.807, 2.05) is 12.1 Å². The molecule has 32 heavy (non-hydrogen) atoms. The first-order chi connectivity index (χ1) is 15.5. The van der Waals surface area contributed by atoms with Crippen LogP contribution < -0.4 is 20.0 Å². The van der Waals surface area contributed by atoms with Gasteiger partial charge in [0.2, 0.25) is 0 Å². The van der Waals surface area contributed by atoms with Crippen molar-refractivity contribution < 1.29 is 0 Å². The van der Waals surface area contributed by atoms with Gasteiger partial charge in [-0.3, -0.25) is 0 Å². The van der Waals surface area contributed by atoms with Crippen LogP contribution in [0.5, 0.6) is 0 Å². The summed E-state index contributed by atoms with van der Waals surface area (Å²) < 4.78 is 1.16. The summed E-state index contributed by atoms with van der Waals surface area (Å²) in [6.07, 6.45) is 2.11. The third-order valence-electron chi connectivity index (χ3n) is 5.66. The number of quaternary nitrogens is 2. The molecule has 0 aliphatic carbocycles. The maximum atomic E-state index is 4.34. The van der Waals surface area contributed by atoms with Gasteiger partial charge >= 0.3 is 0 Å². The Labute approximate surface area is 199 Å². The van der Waals surface area contributed by atoms with E-state index in [4.69, 9.17) is 0 Å². The Morgan fingerprint density at radius 3 is 1.31 bits per heavy atom. The van der Waals surface area contributed by atoms with Crippen molar-refractivity contribution in [2.75, 3.05) is 39.3 Å². The largest absolute Gasteiger partial charge is 0.270 e. The van der Waals surface area contributed by atoms with Gasteiger partial charge in [-0.1, -0.05) is 24.0 Å². The average Bonchev–Trinajstić information content (AvgIpc) is 2.85. The van der Waals surface area contributed by atoms with Crippen molar-refractivity contribution in [1.29, 1.82) is 0 Å². The number of rotatable bonds is 15. The molecule has 0 aliphatic rings. The molecule has 2 aromatic rings. The lowest BCUT2D eigenvalue weighted by molar-refractivity contribution is 0.201. The number of nitrogens with zero attached hydrogens (tertiary/aromatic N) is 8. The molecule has 0 saturated heterocycles. The predicted octanol–water partition coefficient (Wildman–Crippen LogP) is 3.38. The van der Waals surface area contributed by atoms with Gasteiger partial charge < -0.3 is 0 Å². The molecule has 0 aliphatic heterocycles. The van der Waals surface area contributed by atoms with E-state index in [1.54, 1.807) is 0 Å². The van der Waals surface area contributed by atoms with Crippen LogP contribution in [-0.2, 0) is 0 Å². The molecule has 2 heterocycles. The van der Waals surface area contributed by atoms with E-state index in [2.05, 4.69) is 83.2 Å². The van der Waals surface area contributed by atoms with E-state index in [1.165, 1.54) is 21.6 Å². The summed E-state index contributed by atoms with van der Waals surface area (Å²) in [7, 11) is 3.02. The van der Waals surface area contributed by atoms with Crippen molar-refractivity contribution in [2.24, 2.45) is 0 Å². The van der Waals surface area contributed by atoms with E-state index in [-0.39, 0.29) is 0 Å². The minimum atomic E-state index is 0.580. The summed E-state index contributed by atoms with van der Waals surface area (Å²) in [4.78, 5) is 0. The van der Waals surface area contributed by atoms with Crippen LogP contribution in [-0.4, -0.2) is 70.1 Å². The molecule has 0 amide bonds. The maximum Gasteiger partial charge on any atom is 0.270 e. The zero-order valence-electron chi connectivity index (χ0n) is 20.2. The van der Waals surface area contributed by atoms with Crippen LogP contribution in [0.2, 0.25) is 0 Å². The average molecular weight is 483 g/mol. The van der Waals surface area contributed by atoms with E-state index < -0.39 is 0 Å². The quantitative estimate of drug-likeness (QED) is 0.223. The summed E-state index contributed by atoms with van der Waals surface area (Å²) in [5.41, 5.74) is 7.21. The highest BCUT2D eigenvalue weighted by Crippen LogP contribution is 2.37. The SMILES string of the molecule is CCCN[N+](CC)(CC)c1cc(SSc2cc([N+](CC)(CC)NCCC)nnn2)nnn1. The Kier molecular flexibility index (Phi) is 11.2. The fourth-order valence-electron chi connectivity index (χ4n) is 3.50. The van der Waals surface area contributed by atoms with Gasteiger partial charge in [0.1, 0.15) is 10.1 Å². The second-order valence-electron chi connectivity index (χ2n) is 7.44. The molecule has 0 radical (unpaired) electrons. The maximum absolute atomic E-state index is 4.34. The van der Waals surface area contributed by atoms with Gasteiger partial charge in [0.15, 0.2) is 0 Å². The highest BCUT2D eigenvalue weighted by molar-refractivity contribution is 8.76. The lowest BCUT2D eigenvalue weighted by Gasteiger charge is -2.34. The zero-order chi connectivity index (χ0) is 23.5. The predicted molar refractivity (Wildman–Crippen MR) is 134 cm³/mol. The minimum Gasteiger partial charge on any atom is -0.197 e. The topological polar surface area (TPSA) is 101 Å². The molecule has 178 valence electrons. The number of nitrogens with one attached hydrogen (secondary N) is 2. The normalized spacial score (nSPS) is 12.3. The Bertz CT molecular complexity index is 747. The minimum absolute atomic E-state index is 0.580. The standard InChI is InChI=1S/C20H38N10S2/c1-7-13-21-29(9-3,10-4)17-15-19(25-27-23-17)31-32-20-16-18(24-28-26-20)30(11-5,12-6)22-14-8-2/h15-16,21-22H,7-14H2,1-6H3/q+2. The van der Waals surface area contributed by atoms with E-state index in [0.717, 1.165) is 73.8 Å². The van der Waals surface area contributed by atoms with Crippen molar-refractivity contribution >= 4 is 33.2 Å². The monoisotopic (exact) mass is 482 g/mol. The van der Waals surface area contributed by atoms with E-state index >= 15 is 0 Å². The third-order valence-corrected chi connectivity index (χ3v) is 7.76. The van der Waals surface area contributed by atoms with Crippen molar-refractivity contribution in [3.05, 3.63) is 12.1 Å². The van der Waals surface area contributed by atoms with E-state index in [0.29, 0.717) is 9.18 Å². The first kappa shape index (κ1) is 26.8. The van der Waals surface area contributed by atoms with Gasteiger partial charge in [-0.05, 0) is 72.6 Å². The molecule has 0 bridgehead atoms. The van der Waals surface area contributed by atoms with Crippen LogP contribution in [0, 0.1) is 0 Å².